The number of aromatic nitrogens is 1. The van der Waals surface area contributed by atoms with Gasteiger partial charge >= 0.3 is 5.97 Å². The highest BCUT2D eigenvalue weighted by molar-refractivity contribution is 7.09. The summed E-state index contributed by atoms with van der Waals surface area (Å²) in [6.07, 6.45) is 1.67. The van der Waals surface area contributed by atoms with Crippen molar-refractivity contribution in [2.24, 2.45) is 0 Å². The Morgan fingerprint density at radius 3 is 2.58 bits per heavy atom. The summed E-state index contributed by atoms with van der Waals surface area (Å²) in [4.78, 5) is 29.1. The summed E-state index contributed by atoms with van der Waals surface area (Å²) in [6, 6.07) is 7.04. The number of carboxylic acids is 1. The largest absolute Gasteiger partial charge is 0.480 e. The van der Waals surface area contributed by atoms with Crippen LogP contribution in [0, 0.1) is 6.92 Å². The van der Waals surface area contributed by atoms with Gasteiger partial charge in [-0.2, -0.15) is 0 Å². The number of benzene rings is 1. The van der Waals surface area contributed by atoms with Gasteiger partial charge in [0.2, 0.25) is 5.91 Å². The van der Waals surface area contributed by atoms with E-state index >= 15 is 0 Å². The van der Waals surface area contributed by atoms with Gasteiger partial charge in [-0.05, 0) is 37.5 Å². The minimum atomic E-state index is -1.02. The zero-order valence-electron chi connectivity index (χ0n) is 13.4. The summed E-state index contributed by atoms with van der Waals surface area (Å²) in [5.41, 5.74) is 1.83. The highest BCUT2D eigenvalue weighted by Gasteiger charge is 2.17. The second-order valence-electron chi connectivity index (χ2n) is 5.48. The minimum Gasteiger partial charge on any atom is -0.480 e. The summed E-state index contributed by atoms with van der Waals surface area (Å²) >= 11 is 7.43. The third-order valence-electron chi connectivity index (χ3n) is 3.46. The lowest BCUT2D eigenvalue weighted by molar-refractivity contribution is -0.144. The molecule has 128 valence electrons. The van der Waals surface area contributed by atoms with Crippen molar-refractivity contribution in [2.45, 2.75) is 32.7 Å². The number of carbonyl (C=O) groups excluding carboxylic acids is 1. The molecule has 1 N–H and O–H groups in total. The van der Waals surface area contributed by atoms with Crippen LogP contribution in [0.5, 0.6) is 0 Å². The molecule has 7 heteroatoms. The van der Waals surface area contributed by atoms with E-state index < -0.39 is 5.97 Å². The molecular weight excluding hydrogens is 348 g/mol. The molecule has 0 bridgehead atoms. The Hall–Kier alpha value is -1.92. The Balaban J connectivity index is 1.91. The molecule has 0 radical (unpaired) electrons. The number of hydrogen-bond acceptors (Lipinski definition) is 4. The molecule has 0 fully saturated rings. The van der Waals surface area contributed by atoms with Crippen LogP contribution < -0.4 is 0 Å². The number of carbonyl (C=O) groups is 2. The van der Waals surface area contributed by atoms with E-state index in [0.29, 0.717) is 17.9 Å². The first-order valence-corrected chi connectivity index (χ1v) is 8.85. The molecule has 5 nitrogen and oxygen atoms in total. The molecule has 0 unspecified atom stereocenters. The van der Waals surface area contributed by atoms with Crippen LogP contribution in [-0.4, -0.2) is 33.4 Å². The third-order valence-corrected chi connectivity index (χ3v) is 4.53. The van der Waals surface area contributed by atoms with Crippen LogP contribution in [0.15, 0.2) is 29.6 Å². The second kappa shape index (κ2) is 8.80. The van der Waals surface area contributed by atoms with Gasteiger partial charge in [-0.15, -0.1) is 11.3 Å². The van der Waals surface area contributed by atoms with Crippen molar-refractivity contribution in [1.82, 2.24) is 9.88 Å². The van der Waals surface area contributed by atoms with E-state index in [1.165, 1.54) is 4.90 Å². The SMILES string of the molecule is Cc1nc(CCCC(=O)N(CC(=O)O)Cc2ccc(Cl)cc2)cs1. The highest BCUT2D eigenvalue weighted by Crippen LogP contribution is 2.14. The maximum atomic E-state index is 12.4. The first kappa shape index (κ1) is 18.4. The molecule has 24 heavy (non-hydrogen) atoms. The lowest BCUT2D eigenvalue weighted by Gasteiger charge is -2.21. The standard InChI is InChI=1S/C17H19ClN2O3S/c1-12-19-15(11-24-12)3-2-4-16(21)20(10-17(22)23)9-13-5-7-14(18)8-6-13/h5-8,11H,2-4,9-10H2,1H3,(H,22,23). The Morgan fingerprint density at radius 1 is 1.29 bits per heavy atom. The number of amides is 1. The second-order valence-corrected chi connectivity index (χ2v) is 6.98. The Labute approximate surface area is 149 Å². The van der Waals surface area contributed by atoms with Crippen LogP contribution in [0.3, 0.4) is 0 Å². The van der Waals surface area contributed by atoms with Crippen LogP contribution >= 0.6 is 22.9 Å². The van der Waals surface area contributed by atoms with Crippen molar-refractivity contribution >= 4 is 34.8 Å². The fourth-order valence-electron chi connectivity index (χ4n) is 2.31. The van der Waals surface area contributed by atoms with Crippen molar-refractivity contribution in [3.8, 4) is 0 Å². The van der Waals surface area contributed by atoms with Crippen LogP contribution in [0.25, 0.3) is 0 Å². The molecular formula is C17H19ClN2O3S. The van der Waals surface area contributed by atoms with E-state index in [9.17, 15) is 9.59 Å². The van der Waals surface area contributed by atoms with E-state index in [4.69, 9.17) is 16.7 Å². The number of aryl methyl sites for hydroxylation is 2. The molecule has 1 heterocycles. The van der Waals surface area contributed by atoms with Gasteiger partial charge in [0, 0.05) is 23.4 Å². The molecule has 0 saturated heterocycles. The monoisotopic (exact) mass is 366 g/mol. The molecule has 0 aliphatic heterocycles. The van der Waals surface area contributed by atoms with E-state index in [2.05, 4.69) is 4.98 Å². The van der Waals surface area contributed by atoms with E-state index in [0.717, 1.165) is 22.7 Å². The average Bonchev–Trinajstić information content (AvgIpc) is 2.93. The number of hydrogen-bond donors (Lipinski definition) is 1. The van der Waals surface area contributed by atoms with E-state index in [-0.39, 0.29) is 19.0 Å². The van der Waals surface area contributed by atoms with Crippen molar-refractivity contribution in [3.05, 3.63) is 50.9 Å². The molecule has 0 saturated carbocycles. The molecule has 0 atom stereocenters. The number of aliphatic carboxylic acids is 1. The number of thiazole rings is 1. The van der Waals surface area contributed by atoms with Crippen LogP contribution in [0.4, 0.5) is 0 Å². The van der Waals surface area contributed by atoms with Crippen molar-refractivity contribution in [3.63, 3.8) is 0 Å². The first-order chi connectivity index (χ1) is 11.4. The minimum absolute atomic E-state index is 0.167. The molecule has 0 spiro atoms. The quantitative estimate of drug-likeness (QED) is 0.775. The third kappa shape index (κ3) is 5.94. The highest BCUT2D eigenvalue weighted by atomic mass is 35.5. The Kier molecular flexibility index (Phi) is 6.75. The maximum Gasteiger partial charge on any atom is 0.323 e. The molecule has 1 aromatic heterocycles. The van der Waals surface area contributed by atoms with Crippen LogP contribution in [-0.2, 0) is 22.6 Å². The molecule has 0 aliphatic carbocycles. The number of rotatable bonds is 8. The fraction of sp³-hybridized carbons (Fsp3) is 0.353. The first-order valence-electron chi connectivity index (χ1n) is 7.59. The van der Waals surface area contributed by atoms with E-state index in [1.807, 2.05) is 12.3 Å². The topological polar surface area (TPSA) is 70.5 Å². The van der Waals surface area contributed by atoms with Gasteiger partial charge in [0.15, 0.2) is 0 Å². The fourth-order valence-corrected chi connectivity index (χ4v) is 3.08. The number of halogens is 1. The van der Waals surface area contributed by atoms with Gasteiger partial charge in [0.1, 0.15) is 6.54 Å². The summed E-state index contributed by atoms with van der Waals surface area (Å²) in [5, 5.41) is 12.6. The zero-order chi connectivity index (χ0) is 17.5. The smallest absolute Gasteiger partial charge is 0.323 e. The predicted octanol–water partition coefficient (Wildman–Crippen LogP) is 3.54. The zero-order valence-corrected chi connectivity index (χ0v) is 14.9. The van der Waals surface area contributed by atoms with Gasteiger partial charge < -0.3 is 10.0 Å². The number of carboxylic acid groups (broad SMARTS) is 1. The lowest BCUT2D eigenvalue weighted by Crippen LogP contribution is -2.35. The summed E-state index contributed by atoms with van der Waals surface area (Å²) in [7, 11) is 0. The molecule has 1 amide bonds. The van der Waals surface area contributed by atoms with Gasteiger partial charge in [-0.1, -0.05) is 23.7 Å². The predicted molar refractivity (Wildman–Crippen MR) is 94.3 cm³/mol. The average molecular weight is 367 g/mol. The lowest BCUT2D eigenvalue weighted by atomic mass is 10.1. The molecule has 0 aliphatic rings. The van der Waals surface area contributed by atoms with Crippen molar-refractivity contribution in [1.29, 1.82) is 0 Å². The summed E-state index contributed by atoms with van der Waals surface area (Å²) < 4.78 is 0. The molecule has 1 aromatic carbocycles. The Morgan fingerprint density at radius 2 is 2.00 bits per heavy atom. The normalized spacial score (nSPS) is 10.6. The van der Waals surface area contributed by atoms with Crippen molar-refractivity contribution < 1.29 is 14.7 Å². The number of nitrogens with zero attached hydrogens (tertiary/aromatic N) is 2. The van der Waals surface area contributed by atoms with Gasteiger partial charge in [-0.25, -0.2) is 4.98 Å². The summed E-state index contributed by atoms with van der Waals surface area (Å²) in [6.45, 7) is 1.90. The van der Waals surface area contributed by atoms with Crippen LogP contribution in [0.1, 0.15) is 29.1 Å². The Bertz CT molecular complexity index is 700. The maximum absolute atomic E-state index is 12.4. The van der Waals surface area contributed by atoms with Gasteiger partial charge in [0.25, 0.3) is 0 Å². The van der Waals surface area contributed by atoms with Crippen LogP contribution in [0.2, 0.25) is 5.02 Å². The molecule has 2 aromatic rings. The van der Waals surface area contributed by atoms with E-state index in [1.54, 1.807) is 35.6 Å². The van der Waals surface area contributed by atoms with Gasteiger partial charge in [-0.3, -0.25) is 9.59 Å². The molecule has 2 rings (SSSR count). The van der Waals surface area contributed by atoms with Gasteiger partial charge in [0.05, 0.1) is 10.7 Å². The van der Waals surface area contributed by atoms with Crippen molar-refractivity contribution in [2.75, 3.05) is 6.54 Å². The summed E-state index contributed by atoms with van der Waals surface area (Å²) in [5.74, 6) is -1.19.